The average molecular weight is 298 g/mol. The number of fused-ring (bicyclic) bond motifs is 1. The number of benzene rings is 1. The van der Waals surface area contributed by atoms with Crippen molar-refractivity contribution in [3.05, 3.63) is 53.3 Å². The lowest BCUT2D eigenvalue weighted by atomic mass is 9.82. The Labute approximate surface area is 130 Å². The molecule has 116 valence electrons. The molecule has 1 aliphatic carbocycles. The van der Waals surface area contributed by atoms with Crippen LogP contribution in [0.15, 0.2) is 36.5 Å². The highest BCUT2D eigenvalue weighted by Gasteiger charge is 2.21. The standard InChI is InChI=1S/C18H22N2O2/c1-22-16-7-8-17-13(10-16)4-2-5-14(17)12-20-18(21)11-15-6-3-9-19-15/h3,6-10,14,19H,2,4-5,11-12H2,1H3,(H,20,21)/t14-/m1/s1. The topological polar surface area (TPSA) is 54.1 Å². The third kappa shape index (κ3) is 3.32. The summed E-state index contributed by atoms with van der Waals surface area (Å²) in [6, 6.07) is 10.1. The SMILES string of the molecule is COc1ccc2c(c1)CCC[C@@H]2CNC(=O)Cc1ccc[nH]1. The van der Waals surface area contributed by atoms with Gasteiger partial charge in [-0.3, -0.25) is 4.79 Å². The zero-order valence-corrected chi connectivity index (χ0v) is 12.9. The maximum Gasteiger partial charge on any atom is 0.225 e. The number of hydrogen-bond donors (Lipinski definition) is 2. The lowest BCUT2D eigenvalue weighted by Crippen LogP contribution is -2.31. The molecule has 1 heterocycles. The molecule has 0 saturated carbocycles. The smallest absolute Gasteiger partial charge is 0.225 e. The third-order valence-corrected chi connectivity index (χ3v) is 4.35. The van der Waals surface area contributed by atoms with Gasteiger partial charge in [-0.1, -0.05) is 6.07 Å². The minimum atomic E-state index is 0.0723. The molecule has 1 aliphatic rings. The molecular formula is C18H22N2O2. The van der Waals surface area contributed by atoms with Crippen molar-refractivity contribution < 1.29 is 9.53 Å². The Bertz CT molecular complexity index is 635. The van der Waals surface area contributed by atoms with Crippen molar-refractivity contribution in [1.82, 2.24) is 10.3 Å². The molecule has 2 aromatic rings. The molecule has 0 fully saturated rings. The van der Waals surface area contributed by atoms with Crippen molar-refractivity contribution in [2.24, 2.45) is 0 Å². The van der Waals surface area contributed by atoms with Crippen LogP contribution in [0.25, 0.3) is 0 Å². The van der Waals surface area contributed by atoms with Crippen LogP contribution in [0.5, 0.6) is 5.75 Å². The summed E-state index contributed by atoms with van der Waals surface area (Å²) in [5.41, 5.74) is 3.66. The molecule has 0 aliphatic heterocycles. The van der Waals surface area contributed by atoms with Crippen LogP contribution < -0.4 is 10.1 Å². The van der Waals surface area contributed by atoms with Crippen LogP contribution in [0.1, 0.15) is 35.6 Å². The summed E-state index contributed by atoms with van der Waals surface area (Å²) in [5, 5.41) is 3.07. The van der Waals surface area contributed by atoms with Crippen molar-refractivity contribution in [2.75, 3.05) is 13.7 Å². The molecule has 0 bridgehead atoms. The molecule has 0 saturated heterocycles. The Morgan fingerprint density at radius 2 is 2.32 bits per heavy atom. The van der Waals surface area contributed by atoms with Gasteiger partial charge in [0.15, 0.2) is 0 Å². The second kappa shape index (κ2) is 6.69. The van der Waals surface area contributed by atoms with Gasteiger partial charge in [-0.2, -0.15) is 0 Å². The maximum atomic E-state index is 12.0. The number of rotatable bonds is 5. The fourth-order valence-corrected chi connectivity index (χ4v) is 3.18. The Morgan fingerprint density at radius 3 is 3.09 bits per heavy atom. The molecule has 1 aromatic carbocycles. The Balaban J connectivity index is 1.61. The van der Waals surface area contributed by atoms with E-state index in [1.807, 2.05) is 24.4 Å². The van der Waals surface area contributed by atoms with Crippen LogP contribution >= 0.6 is 0 Å². The molecule has 0 unspecified atom stereocenters. The van der Waals surface area contributed by atoms with E-state index < -0.39 is 0 Å². The van der Waals surface area contributed by atoms with Crippen LogP contribution in [-0.4, -0.2) is 24.5 Å². The van der Waals surface area contributed by atoms with E-state index in [9.17, 15) is 4.79 Å². The lowest BCUT2D eigenvalue weighted by Gasteiger charge is -2.26. The molecule has 1 amide bonds. The molecule has 4 nitrogen and oxygen atoms in total. The lowest BCUT2D eigenvalue weighted by molar-refractivity contribution is -0.120. The zero-order valence-electron chi connectivity index (χ0n) is 12.9. The maximum absolute atomic E-state index is 12.0. The van der Waals surface area contributed by atoms with E-state index in [4.69, 9.17) is 4.74 Å². The summed E-state index contributed by atoms with van der Waals surface area (Å²) in [6.07, 6.45) is 5.64. The predicted octanol–water partition coefficient (Wildman–Crippen LogP) is 2.80. The zero-order chi connectivity index (χ0) is 15.4. The third-order valence-electron chi connectivity index (χ3n) is 4.35. The molecule has 1 atom stereocenters. The van der Waals surface area contributed by atoms with Crippen LogP contribution in [0.4, 0.5) is 0 Å². The van der Waals surface area contributed by atoms with Gasteiger partial charge in [-0.15, -0.1) is 0 Å². The fourth-order valence-electron chi connectivity index (χ4n) is 3.18. The number of ether oxygens (including phenoxy) is 1. The van der Waals surface area contributed by atoms with Crippen molar-refractivity contribution in [3.63, 3.8) is 0 Å². The number of methoxy groups -OCH3 is 1. The van der Waals surface area contributed by atoms with E-state index in [0.717, 1.165) is 30.7 Å². The summed E-state index contributed by atoms with van der Waals surface area (Å²) in [4.78, 5) is 15.1. The number of carbonyl (C=O) groups excluding carboxylic acids is 1. The van der Waals surface area contributed by atoms with E-state index >= 15 is 0 Å². The van der Waals surface area contributed by atoms with Crippen molar-refractivity contribution >= 4 is 5.91 Å². The second-order valence-electron chi connectivity index (χ2n) is 5.83. The van der Waals surface area contributed by atoms with Gasteiger partial charge in [-0.05, 0) is 54.7 Å². The summed E-state index contributed by atoms with van der Waals surface area (Å²) in [6.45, 7) is 0.707. The van der Waals surface area contributed by atoms with Gasteiger partial charge in [0.2, 0.25) is 5.91 Å². The van der Waals surface area contributed by atoms with E-state index in [2.05, 4.69) is 22.4 Å². The summed E-state index contributed by atoms with van der Waals surface area (Å²) in [7, 11) is 1.70. The fraction of sp³-hybridized carbons (Fsp3) is 0.389. The number of aromatic nitrogens is 1. The highest BCUT2D eigenvalue weighted by Crippen LogP contribution is 2.33. The van der Waals surface area contributed by atoms with Gasteiger partial charge in [0.25, 0.3) is 0 Å². The molecule has 2 N–H and O–H groups in total. The molecule has 0 spiro atoms. The monoisotopic (exact) mass is 298 g/mol. The minimum Gasteiger partial charge on any atom is -0.497 e. The Kier molecular flexibility index (Phi) is 4.47. The van der Waals surface area contributed by atoms with E-state index in [-0.39, 0.29) is 5.91 Å². The number of aromatic amines is 1. The number of amides is 1. The first kappa shape index (κ1) is 14.7. The molecule has 4 heteroatoms. The first-order valence-electron chi connectivity index (χ1n) is 7.82. The first-order chi connectivity index (χ1) is 10.8. The van der Waals surface area contributed by atoms with Crippen molar-refractivity contribution in [1.29, 1.82) is 0 Å². The highest BCUT2D eigenvalue weighted by molar-refractivity contribution is 5.78. The highest BCUT2D eigenvalue weighted by atomic mass is 16.5. The molecule has 22 heavy (non-hydrogen) atoms. The molecule has 0 radical (unpaired) electrons. The van der Waals surface area contributed by atoms with E-state index in [1.165, 1.54) is 11.1 Å². The molecular weight excluding hydrogens is 276 g/mol. The first-order valence-corrected chi connectivity index (χ1v) is 7.82. The van der Waals surface area contributed by atoms with Crippen LogP contribution in [0.2, 0.25) is 0 Å². The van der Waals surface area contributed by atoms with Crippen molar-refractivity contribution in [3.8, 4) is 5.75 Å². The second-order valence-corrected chi connectivity index (χ2v) is 5.83. The van der Waals surface area contributed by atoms with Crippen LogP contribution in [-0.2, 0) is 17.6 Å². The summed E-state index contributed by atoms with van der Waals surface area (Å²) < 4.78 is 5.30. The van der Waals surface area contributed by atoms with Gasteiger partial charge < -0.3 is 15.0 Å². The molecule has 1 aromatic heterocycles. The number of H-pyrrole nitrogens is 1. The summed E-state index contributed by atoms with van der Waals surface area (Å²) >= 11 is 0. The van der Waals surface area contributed by atoms with E-state index in [0.29, 0.717) is 18.9 Å². The minimum absolute atomic E-state index is 0.0723. The van der Waals surface area contributed by atoms with Gasteiger partial charge in [0.1, 0.15) is 5.75 Å². The average Bonchev–Trinajstić information content (AvgIpc) is 3.05. The van der Waals surface area contributed by atoms with E-state index in [1.54, 1.807) is 7.11 Å². The number of aryl methyl sites for hydroxylation is 1. The largest absolute Gasteiger partial charge is 0.497 e. The van der Waals surface area contributed by atoms with Crippen LogP contribution in [0, 0.1) is 0 Å². The van der Waals surface area contributed by atoms with Crippen LogP contribution in [0.3, 0.4) is 0 Å². The number of nitrogens with one attached hydrogen (secondary N) is 2. The van der Waals surface area contributed by atoms with Gasteiger partial charge in [-0.25, -0.2) is 0 Å². The number of carbonyl (C=O) groups is 1. The molecule has 3 rings (SSSR count). The number of hydrogen-bond acceptors (Lipinski definition) is 2. The van der Waals surface area contributed by atoms with Gasteiger partial charge in [0.05, 0.1) is 13.5 Å². The normalized spacial score (nSPS) is 16.9. The van der Waals surface area contributed by atoms with Gasteiger partial charge in [0, 0.05) is 24.4 Å². The summed E-state index contributed by atoms with van der Waals surface area (Å²) in [5.74, 6) is 1.39. The Hall–Kier alpha value is -2.23. The van der Waals surface area contributed by atoms with Gasteiger partial charge >= 0.3 is 0 Å². The Morgan fingerprint density at radius 1 is 1.41 bits per heavy atom. The van der Waals surface area contributed by atoms with Crippen molar-refractivity contribution in [2.45, 2.75) is 31.6 Å². The predicted molar refractivity (Wildman–Crippen MR) is 86.2 cm³/mol. The quantitative estimate of drug-likeness (QED) is 0.892.